The van der Waals surface area contributed by atoms with E-state index in [1.165, 1.54) is 6.92 Å². The van der Waals surface area contributed by atoms with E-state index in [-0.39, 0.29) is 17.1 Å². The van der Waals surface area contributed by atoms with Crippen molar-refractivity contribution < 1.29 is 18.3 Å². The highest BCUT2D eigenvalue weighted by atomic mass is 32.2. The van der Waals surface area contributed by atoms with Gasteiger partial charge in [0, 0.05) is 10.5 Å². The fraction of sp³-hybridized carbons (Fsp3) is 0.625. The van der Waals surface area contributed by atoms with Gasteiger partial charge < -0.3 is 9.29 Å². The van der Waals surface area contributed by atoms with Gasteiger partial charge in [-0.25, -0.2) is 4.79 Å². The lowest BCUT2D eigenvalue weighted by Crippen LogP contribution is -2.09. The predicted molar refractivity (Wildman–Crippen MR) is 48.5 cm³/mol. The van der Waals surface area contributed by atoms with Crippen molar-refractivity contribution >= 4 is 17.0 Å². The summed E-state index contributed by atoms with van der Waals surface area (Å²) >= 11 is -2.33. The third kappa shape index (κ3) is 3.69. The van der Waals surface area contributed by atoms with Gasteiger partial charge in [0.2, 0.25) is 0 Å². The number of rotatable bonds is 4. The molecular formula is C8H13O4S-. The monoisotopic (exact) mass is 205 g/mol. The zero-order chi connectivity index (χ0) is 10.4. The summed E-state index contributed by atoms with van der Waals surface area (Å²) < 4.78 is 25.9. The normalized spacial score (nSPS) is 14.8. The highest BCUT2D eigenvalue weighted by Gasteiger charge is 2.10. The van der Waals surface area contributed by atoms with Crippen LogP contribution < -0.4 is 0 Å². The molecular weight excluding hydrogens is 192 g/mol. The van der Waals surface area contributed by atoms with Crippen molar-refractivity contribution in [2.75, 3.05) is 6.61 Å². The number of hydrogen-bond donors (Lipinski definition) is 0. The van der Waals surface area contributed by atoms with E-state index in [4.69, 9.17) is 0 Å². The minimum atomic E-state index is -2.33. The van der Waals surface area contributed by atoms with Crippen LogP contribution in [0.5, 0.6) is 0 Å². The second-order valence-corrected chi connectivity index (χ2v) is 3.32. The molecule has 76 valence electrons. The van der Waals surface area contributed by atoms with E-state index in [2.05, 4.69) is 4.74 Å². The molecule has 0 spiro atoms. The number of ether oxygens (including phenoxy) is 1. The van der Waals surface area contributed by atoms with E-state index < -0.39 is 17.0 Å². The van der Waals surface area contributed by atoms with Crippen LogP contribution in [-0.2, 0) is 20.6 Å². The number of carbonyl (C=O) groups is 1. The van der Waals surface area contributed by atoms with Crippen molar-refractivity contribution in [3.63, 3.8) is 0 Å². The van der Waals surface area contributed by atoms with Crippen LogP contribution in [0.25, 0.3) is 0 Å². The third-order valence-electron chi connectivity index (χ3n) is 1.52. The van der Waals surface area contributed by atoms with Gasteiger partial charge in [-0.1, -0.05) is 6.92 Å². The summed E-state index contributed by atoms with van der Waals surface area (Å²) in [6, 6.07) is 0. The van der Waals surface area contributed by atoms with Crippen LogP contribution in [0.15, 0.2) is 10.5 Å². The Morgan fingerprint density at radius 1 is 1.46 bits per heavy atom. The van der Waals surface area contributed by atoms with E-state index in [1.807, 2.05) is 0 Å². The second kappa shape index (κ2) is 5.88. The molecule has 0 N–H and O–H groups in total. The van der Waals surface area contributed by atoms with Crippen LogP contribution in [-0.4, -0.2) is 21.3 Å². The van der Waals surface area contributed by atoms with E-state index >= 15 is 0 Å². The Balaban J connectivity index is 4.74. The molecule has 0 heterocycles. The van der Waals surface area contributed by atoms with Crippen molar-refractivity contribution in [1.29, 1.82) is 0 Å². The van der Waals surface area contributed by atoms with Crippen molar-refractivity contribution in [3.05, 3.63) is 10.5 Å². The van der Waals surface area contributed by atoms with Gasteiger partial charge in [-0.3, -0.25) is 4.21 Å². The lowest BCUT2D eigenvalue weighted by molar-refractivity contribution is -0.138. The van der Waals surface area contributed by atoms with Crippen molar-refractivity contribution in [3.8, 4) is 0 Å². The number of esters is 1. The van der Waals surface area contributed by atoms with Crippen molar-refractivity contribution in [2.45, 2.75) is 27.2 Å². The molecule has 0 rings (SSSR count). The Bertz CT molecular complexity index is 245. The standard InChI is InChI=1S/C8H14O4S/c1-4-7(13(10)11)6(3)8(9)12-5-2/h4-5H2,1-3H3,(H,10,11)/p-1. The van der Waals surface area contributed by atoms with Gasteiger partial charge in [0.1, 0.15) is 0 Å². The van der Waals surface area contributed by atoms with Crippen molar-refractivity contribution in [2.24, 2.45) is 0 Å². The largest absolute Gasteiger partial charge is 0.769 e. The molecule has 0 fully saturated rings. The van der Waals surface area contributed by atoms with Crippen LogP contribution >= 0.6 is 0 Å². The van der Waals surface area contributed by atoms with Gasteiger partial charge >= 0.3 is 5.97 Å². The molecule has 1 unspecified atom stereocenters. The molecule has 0 saturated heterocycles. The van der Waals surface area contributed by atoms with E-state index in [9.17, 15) is 13.6 Å². The Morgan fingerprint density at radius 3 is 2.31 bits per heavy atom. The molecule has 0 aliphatic heterocycles. The molecule has 0 bridgehead atoms. The van der Waals surface area contributed by atoms with Gasteiger partial charge in [0.15, 0.2) is 0 Å². The number of carbonyl (C=O) groups excluding carboxylic acids is 1. The molecule has 0 aromatic rings. The first kappa shape index (κ1) is 12.3. The maximum Gasteiger partial charge on any atom is 0.334 e. The first-order valence-electron chi connectivity index (χ1n) is 4.00. The molecule has 0 aliphatic carbocycles. The summed E-state index contributed by atoms with van der Waals surface area (Å²) in [6.45, 7) is 5.05. The molecule has 5 heteroatoms. The highest BCUT2D eigenvalue weighted by molar-refractivity contribution is 7.83. The SMILES string of the molecule is CCOC(=O)C(C)=C(CC)S(=O)[O-]. The first-order valence-corrected chi connectivity index (χ1v) is 5.08. The van der Waals surface area contributed by atoms with E-state index in [1.54, 1.807) is 13.8 Å². The number of allylic oxidation sites excluding steroid dienone is 1. The average molecular weight is 205 g/mol. The maximum atomic E-state index is 11.1. The van der Waals surface area contributed by atoms with Crippen molar-refractivity contribution in [1.82, 2.24) is 0 Å². The Hall–Kier alpha value is -0.680. The summed E-state index contributed by atoms with van der Waals surface area (Å²) in [4.78, 5) is 11.2. The zero-order valence-corrected chi connectivity index (χ0v) is 8.77. The lowest BCUT2D eigenvalue weighted by Gasteiger charge is -2.11. The molecule has 0 aromatic carbocycles. The summed E-state index contributed by atoms with van der Waals surface area (Å²) in [5.41, 5.74) is 0.165. The maximum absolute atomic E-state index is 11.1. The fourth-order valence-electron chi connectivity index (χ4n) is 0.861. The molecule has 0 aromatic heterocycles. The molecule has 4 nitrogen and oxygen atoms in total. The molecule has 13 heavy (non-hydrogen) atoms. The van der Waals surface area contributed by atoms with Crippen LogP contribution in [0.1, 0.15) is 27.2 Å². The number of hydrogen-bond acceptors (Lipinski definition) is 4. The molecule has 0 amide bonds. The molecule has 0 aliphatic rings. The summed E-state index contributed by atoms with van der Waals surface area (Å²) in [5, 5.41) is 0. The van der Waals surface area contributed by atoms with Gasteiger partial charge in [-0.05, 0) is 31.3 Å². The minimum absolute atomic E-state index is 0.110. The van der Waals surface area contributed by atoms with Gasteiger partial charge in [0.05, 0.1) is 6.61 Å². The molecule has 1 atom stereocenters. The predicted octanol–water partition coefficient (Wildman–Crippen LogP) is 1.11. The Morgan fingerprint density at radius 2 is 2.00 bits per heavy atom. The third-order valence-corrected chi connectivity index (χ3v) is 2.52. The first-order chi connectivity index (χ1) is 6.04. The summed E-state index contributed by atoms with van der Waals surface area (Å²) in [5.74, 6) is -0.566. The van der Waals surface area contributed by atoms with E-state index in [0.29, 0.717) is 6.42 Å². The highest BCUT2D eigenvalue weighted by Crippen LogP contribution is 2.12. The minimum Gasteiger partial charge on any atom is -0.769 e. The second-order valence-electron chi connectivity index (χ2n) is 2.36. The Labute approximate surface area is 80.3 Å². The topological polar surface area (TPSA) is 66.4 Å². The summed E-state index contributed by atoms with van der Waals surface area (Å²) in [6.07, 6.45) is 0.306. The van der Waals surface area contributed by atoms with Gasteiger partial charge in [-0.2, -0.15) is 0 Å². The quantitative estimate of drug-likeness (QED) is 0.392. The smallest absolute Gasteiger partial charge is 0.334 e. The van der Waals surface area contributed by atoms with Crippen LogP contribution in [0.2, 0.25) is 0 Å². The van der Waals surface area contributed by atoms with Gasteiger partial charge in [-0.15, -0.1) is 0 Å². The van der Waals surface area contributed by atoms with Crippen LogP contribution in [0.4, 0.5) is 0 Å². The average Bonchev–Trinajstić information content (AvgIpc) is 2.05. The summed E-state index contributed by atoms with van der Waals surface area (Å²) in [7, 11) is 0. The van der Waals surface area contributed by atoms with E-state index in [0.717, 1.165) is 0 Å². The van der Waals surface area contributed by atoms with Crippen LogP contribution in [0.3, 0.4) is 0 Å². The van der Waals surface area contributed by atoms with Crippen LogP contribution in [0, 0.1) is 0 Å². The molecule has 0 radical (unpaired) electrons. The Kier molecular flexibility index (Phi) is 5.57. The lowest BCUT2D eigenvalue weighted by atomic mass is 10.2. The fourth-order valence-corrected chi connectivity index (χ4v) is 1.43. The molecule has 0 saturated carbocycles. The zero-order valence-electron chi connectivity index (χ0n) is 7.96. The van der Waals surface area contributed by atoms with Gasteiger partial charge in [0.25, 0.3) is 0 Å².